The summed E-state index contributed by atoms with van der Waals surface area (Å²) in [7, 11) is 5.47. The van der Waals surface area contributed by atoms with E-state index in [1.807, 2.05) is 19.0 Å². The molecule has 0 spiro atoms. The van der Waals surface area contributed by atoms with E-state index in [0.717, 1.165) is 5.96 Å². The van der Waals surface area contributed by atoms with Crippen LogP contribution in [0.25, 0.3) is 0 Å². The molecule has 1 unspecified atom stereocenters. The monoisotopic (exact) mass is 216 g/mol. The number of nitrogens with two attached hydrogens (primary N) is 1. The number of rotatable bonds is 5. The Kier molecular flexibility index (Phi) is 6.44. The lowest BCUT2D eigenvalue weighted by molar-refractivity contribution is -0.138. The minimum Gasteiger partial charge on any atom is -0.480 e. The quantitative estimate of drug-likeness (QED) is 0.321. The summed E-state index contributed by atoms with van der Waals surface area (Å²) in [4.78, 5) is 16.3. The SMILES string of the molecule is CN=C(NCCCC(N)C(=O)O)N(C)C. The first kappa shape index (κ1) is 13.7. The van der Waals surface area contributed by atoms with Crippen molar-refractivity contribution in [1.29, 1.82) is 0 Å². The number of guanidine groups is 1. The van der Waals surface area contributed by atoms with E-state index < -0.39 is 12.0 Å². The fraction of sp³-hybridized carbons (Fsp3) is 0.778. The third kappa shape index (κ3) is 5.90. The number of nitrogens with zero attached hydrogens (tertiary/aromatic N) is 2. The van der Waals surface area contributed by atoms with Crippen molar-refractivity contribution < 1.29 is 9.90 Å². The molecule has 0 radical (unpaired) electrons. The number of carboxylic acid groups (broad SMARTS) is 1. The molecule has 0 aliphatic heterocycles. The van der Waals surface area contributed by atoms with E-state index in [-0.39, 0.29) is 0 Å². The Morgan fingerprint density at radius 2 is 2.20 bits per heavy atom. The van der Waals surface area contributed by atoms with Crippen LogP contribution < -0.4 is 11.1 Å². The Morgan fingerprint density at radius 1 is 1.60 bits per heavy atom. The summed E-state index contributed by atoms with van der Waals surface area (Å²) < 4.78 is 0. The van der Waals surface area contributed by atoms with Gasteiger partial charge in [-0.25, -0.2) is 0 Å². The molecule has 0 aromatic rings. The van der Waals surface area contributed by atoms with Crippen LogP contribution in [0.15, 0.2) is 4.99 Å². The summed E-state index contributed by atoms with van der Waals surface area (Å²) >= 11 is 0. The molecule has 15 heavy (non-hydrogen) atoms. The zero-order valence-corrected chi connectivity index (χ0v) is 9.53. The van der Waals surface area contributed by atoms with Gasteiger partial charge in [0.15, 0.2) is 5.96 Å². The first-order chi connectivity index (χ1) is 6.99. The van der Waals surface area contributed by atoms with Gasteiger partial charge in [0.05, 0.1) is 0 Å². The van der Waals surface area contributed by atoms with Crippen molar-refractivity contribution in [3.8, 4) is 0 Å². The van der Waals surface area contributed by atoms with E-state index in [1.54, 1.807) is 7.05 Å². The second-order valence-electron chi connectivity index (χ2n) is 3.46. The largest absolute Gasteiger partial charge is 0.480 e. The fourth-order valence-electron chi connectivity index (χ4n) is 1.08. The Hall–Kier alpha value is -1.30. The van der Waals surface area contributed by atoms with Gasteiger partial charge in [-0.05, 0) is 12.8 Å². The van der Waals surface area contributed by atoms with Crippen LogP contribution in [0.1, 0.15) is 12.8 Å². The van der Waals surface area contributed by atoms with Crippen LogP contribution in [0, 0.1) is 0 Å². The van der Waals surface area contributed by atoms with E-state index in [2.05, 4.69) is 10.3 Å². The molecule has 1 atom stereocenters. The van der Waals surface area contributed by atoms with E-state index in [0.29, 0.717) is 19.4 Å². The number of carbonyl (C=O) groups is 1. The third-order valence-electron chi connectivity index (χ3n) is 1.93. The average molecular weight is 216 g/mol. The van der Waals surface area contributed by atoms with Gasteiger partial charge in [-0.15, -0.1) is 0 Å². The summed E-state index contributed by atoms with van der Waals surface area (Å²) in [6, 6.07) is -0.770. The van der Waals surface area contributed by atoms with Gasteiger partial charge in [-0.1, -0.05) is 0 Å². The number of aliphatic carboxylic acids is 1. The molecule has 0 heterocycles. The molecule has 0 aliphatic carbocycles. The minimum atomic E-state index is -0.952. The van der Waals surface area contributed by atoms with Crippen molar-refractivity contribution in [3.05, 3.63) is 0 Å². The molecule has 6 heteroatoms. The van der Waals surface area contributed by atoms with Gasteiger partial charge in [0, 0.05) is 27.7 Å². The smallest absolute Gasteiger partial charge is 0.320 e. The first-order valence-corrected chi connectivity index (χ1v) is 4.85. The molecule has 0 rings (SSSR count). The van der Waals surface area contributed by atoms with Crippen LogP contribution in [0.5, 0.6) is 0 Å². The van der Waals surface area contributed by atoms with Crippen LogP contribution >= 0.6 is 0 Å². The molecule has 0 fully saturated rings. The summed E-state index contributed by atoms with van der Waals surface area (Å²) in [6.07, 6.45) is 1.17. The Labute approximate surface area is 90.2 Å². The van der Waals surface area contributed by atoms with Gasteiger partial charge < -0.3 is 21.1 Å². The van der Waals surface area contributed by atoms with Gasteiger partial charge in [0.2, 0.25) is 0 Å². The number of nitrogens with one attached hydrogen (secondary N) is 1. The molecule has 0 bridgehead atoms. The van der Waals surface area contributed by atoms with E-state index in [1.165, 1.54) is 0 Å². The number of carboxylic acids is 1. The van der Waals surface area contributed by atoms with Crippen LogP contribution in [0.3, 0.4) is 0 Å². The Morgan fingerprint density at radius 3 is 2.60 bits per heavy atom. The molecule has 0 amide bonds. The highest BCUT2D eigenvalue weighted by molar-refractivity contribution is 5.79. The Bertz CT molecular complexity index is 228. The van der Waals surface area contributed by atoms with Crippen molar-refractivity contribution >= 4 is 11.9 Å². The van der Waals surface area contributed by atoms with Gasteiger partial charge >= 0.3 is 5.97 Å². The van der Waals surface area contributed by atoms with E-state index >= 15 is 0 Å². The molecule has 0 aliphatic rings. The van der Waals surface area contributed by atoms with Gasteiger partial charge in [-0.2, -0.15) is 0 Å². The van der Waals surface area contributed by atoms with Crippen molar-refractivity contribution in [3.63, 3.8) is 0 Å². The molecule has 88 valence electrons. The molecular formula is C9H20N4O2. The third-order valence-corrected chi connectivity index (χ3v) is 1.93. The number of hydrogen-bond acceptors (Lipinski definition) is 3. The second-order valence-corrected chi connectivity index (χ2v) is 3.46. The molecule has 4 N–H and O–H groups in total. The molecule has 0 aromatic carbocycles. The van der Waals surface area contributed by atoms with Gasteiger partial charge in [-0.3, -0.25) is 9.79 Å². The molecule has 0 saturated heterocycles. The highest BCUT2D eigenvalue weighted by Crippen LogP contribution is 1.93. The maximum absolute atomic E-state index is 10.4. The maximum Gasteiger partial charge on any atom is 0.320 e. The second kappa shape index (κ2) is 7.05. The zero-order chi connectivity index (χ0) is 11.8. The van der Waals surface area contributed by atoms with E-state index in [9.17, 15) is 4.79 Å². The topological polar surface area (TPSA) is 90.9 Å². The van der Waals surface area contributed by atoms with Crippen molar-refractivity contribution in [2.24, 2.45) is 10.7 Å². The van der Waals surface area contributed by atoms with Crippen molar-refractivity contribution in [2.75, 3.05) is 27.7 Å². The normalized spacial score (nSPS) is 13.5. The molecule has 0 saturated carbocycles. The minimum absolute atomic E-state index is 0.465. The highest BCUT2D eigenvalue weighted by atomic mass is 16.4. The lowest BCUT2D eigenvalue weighted by Gasteiger charge is -2.16. The Balaban J connectivity index is 3.67. The standard InChI is InChI=1S/C9H20N4O2/c1-11-9(13(2)3)12-6-4-5-7(10)8(14)15/h7H,4-6,10H2,1-3H3,(H,11,12)(H,14,15). The molecule has 6 nitrogen and oxygen atoms in total. The van der Waals surface area contributed by atoms with Crippen molar-refractivity contribution in [2.45, 2.75) is 18.9 Å². The van der Waals surface area contributed by atoms with Crippen LogP contribution in [-0.2, 0) is 4.79 Å². The fourth-order valence-corrected chi connectivity index (χ4v) is 1.08. The van der Waals surface area contributed by atoms with Gasteiger partial charge in [0.25, 0.3) is 0 Å². The summed E-state index contributed by atoms with van der Waals surface area (Å²) in [5.74, 6) is -0.175. The lowest BCUT2D eigenvalue weighted by Crippen LogP contribution is -2.37. The zero-order valence-electron chi connectivity index (χ0n) is 9.53. The number of hydrogen-bond donors (Lipinski definition) is 3. The molecular weight excluding hydrogens is 196 g/mol. The van der Waals surface area contributed by atoms with Crippen LogP contribution in [0.2, 0.25) is 0 Å². The lowest BCUT2D eigenvalue weighted by atomic mass is 10.2. The first-order valence-electron chi connectivity index (χ1n) is 4.85. The van der Waals surface area contributed by atoms with E-state index in [4.69, 9.17) is 10.8 Å². The van der Waals surface area contributed by atoms with Crippen LogP contribution in [0.4, 0.5) is 0 Å². The predicted molar refractivity (Wildman–Crippen MR) is 59.9 cm³/mol. The van der Waals surface area contributed by atoms with Crippen molar-refractivity contribution in [1.82, 2.24) is 10.2 Å². The summed E-state index contributed by atoms with van der Waals surface area (Å²) in [5, 5.41) is 11.6. The summed E-state index contributed by atoms with van der Waals surface area (Å²) in [6.45, 7) is 0.672. The average Bonchev–Trinajstić information content (AvgIpc) is 2.16. The molecule has 0 aromatic heterocycles. The van der Waals surface area contributed by atoms with Gasteiger partial charge in [0.1, 0.15) is 6.04 Å². The van der Waals surface area contributed by atoms with Crippen LogP contribution in [-0.4, -0.2) is 55.7 Å². The number of aliphatic imine (C=N–C) groups is 1. The highest BCUT2D eigenvalue weighted by Gasteiger charge is 2.10. The predicted octanol–water partition coefficient (Wildman–Crippen LogP) is -0.684. The maximum atomic E-state index is 10.4. The summed E-state index contributed by atoms with van der Waals surface area (Å²) in [5.41, 5.74) is 5.36.